The Morgan fingerprint density at radius 1 is 1.00 bits per heavy atom. The van der Waals surface area contributed by atoms with Gasteiger partial charge in [-0.15, -0.1) is 0 Å². The average Bonchev–Trinajstić information content (AvgIpc) is 2.83. The number of hydrogen-bond donors (Lipinski definition) is 0. The highest BCUT2D eigenvalue weighted by Crippen LogP contribution is 2.26. The molecule has 0 saturated carbocycles. The SMILES string of the molecule is Cc1cc(-n2nc(C)c(C)c2C)ccc1OCc1c(C)cccc1Br. The van der Waals surface area contributed by atoms with E-state index in [0.717, 1.165) is 27.2 Å². The fraction of sp³-hybridized carbons (Fsp3) is 0.286. The minimum atomic E-state index is 0.548. The van der Waals surface area contributed by atoms with Gasteiger partial charge in [0.2, 0.25) is 0 Å². The molecule has 0 aliphatic rings. The van der Waals surface area contributed by atoms with Gasteiger partial charge in [-0.1, -0.05) is 28.1 Å². The Kier molecular flexibility index (Phi) is 5.00. The van der Waals surface area contributed by atoms with Gasteiger partial charge in [0.25, 0.3) is 0 Å². The number of hydrogen-bond acceptors (Lipinski definition) is 2. The molecule has 2 aromatic carbocycles. The number of ether oxygens (including phenoxy) is 1. The van der Waals surface area contributed by atoms with Crippen molar-refractivity contribution in [2.45, 2.75) is 41.2 Å². The van der Waals surface area contributed by atoms with Crippen LogP contribution in [0.5, 0.6) is 5.75 Å². The van der Waals surface area contributed by atoms with Crippen molar-refractivity contribution >= 4 is 15.9 Å². The Hall–Kier alpha value is -2.07. The Morgan fingerprint density at radius 2 is 1.76 bits per heavy atom. The van der Waals surface area contributed by atoms with Gasteiger partial charge in [0, 0.05) is 15.7 Å². The summed E-state index contributed by atoms with van der Waals surface area (Å²) < 4.78 is 9.16. The van der Waals surface area contributed by atoms with Gasteiger partial charge in [-0.25, -0.2) is 4.68 Å². The summed E-state index contributed by atoms with van der Waals surface area (Å²) in [5, 5.41) is 4.64. The van der Waals surface area contributed by atoms with Gasteiger partial charge in [0.15, 0.2) is 0 Å². The standard InChI is InChI=1S/C21H23BrN2O/c1-13-7-6-8-20(22)19(13)12-25-21-10-9-18(11-14(21)2)24-17(5)15(3)16(4)23-24/h6-11H,12H2,1-5H3. The Bertz CT molecular complexity index is 908. The smallest absolute Gasteiger partial charge is 0.122 e. The summed E-state index contributed by atoms with van der Waals surface area (Å²) in [6.07, 6.45) is 0. The van der Waals surface area contributed by atoms with Crippen LogP contribution in [-0.4, -0.2) is 9.78 Å². The van der Waals surface area contributed by atoms with Crippen LogP contribution < -0.4 is 4.74 Å². The molecule has 130 valence electrons. The maximum absolute atomic E-state index is 6.07. The topological polar surface area (TPSA) is 27.1 Å². The Labute approximate surface area is 157 Å². The zero-order chi connectivity index (χ0) is 18.1. The van der Waals surface area contributed by atoms with Crippen molar-refractivity contribution in [3.8, 4) is 11.4 Å². The van der Waals surface area contributed by atoms with Crippen LogP contribution in [0.1, 0.15) is 33.6 Å². The van der Waals surface area contributed by atoms with Crippen LogP contribution >= 0.6 is 15.9 Å². The molecule has 0 amide bonds. The third-order valence-corrected chi connectivity index (χ3v) is 5.52. The molecular weight excluding hydrogens is 376 g/mol. The fourth-order valence-electron chi connectivity index (χ4n) is 2.90. The van der Waals surface area contributed by atoms with Crippen molar-refractivity contribution < 1.29 is 4.74 Å². The summed E-state index contributed by atoms with van der Waals surface area (Å²) in [5.74, 6) is 0.900. The predicted molar refractivity (Wildman–Crippen MR) is 106 cm³/mol. The van der Waals surface area contributed by atoms with Gasteiger partial charge in [0.1, 0.15) is 12.4 Å². The third kappa shape index (κ3) is 3.49. The van der Waals surface area contributed by atoms with Crippen LogP contribution in [0.25, 0.3) is 5.69 Å². The summed E-state index contributed by atoms with van der Waals surface area (Å²) >= 11 is 3.61. The van der Waals surface area contributed by atoms with E-state index in [1.165, 1.54) is 22.4 Å². The van der Waals surface area contributed by atoms with Crippen LogP contribution in [0, 0.1) is 34.6 Å². The minimum absolute atomic E-state index is 0.548. The first-order valence-electron chi connectivity index (χ1n) is 8.39. The van der Waals surface area contributed by atoms with E-state index in [1.807, 2.05) is 29.8 Å². The van der Waals surface area contributed by atoms with Crippen molar-refractivity contribution in [1.82, 2.24) is 9.78 Å². The van der Waals surface area contributed by atoms with E-state index in [4.69, 9.17) is 4.74 Å². The van der Waals surface area contributed by atoms with Crippen LogP contribution in [0.3, 0.4) is 0 Å². The maximum Gasteiger partial charge on any atom is 0.122 e. The van der Waals surface area contributed by atoms with Crippen LogP contribution in [-0.2, 0) is 6.61 Å². The molecule has 3 aromatic rings. The molecule has 0 unspecified atom stereocenters. The molecule has 1 aromatic heterocycles. The first-order chi connectivity index (χ1) is 11.9. The second-order valence-electron chi connectivity index (χ2n) is 6.48. The molecule has 25 heavy (non-hydrogen) atoms. The van der Waals surface area contributed by atoms with E-state index in [2.05, 4.69) is 66.9 Å². The van der Waals surface area contributed by atoms with Gasteiger partial charge < -0.3 is 4.74 Å². The second-order valence-corrected chi connectivity index (χ2v) is 7.34. The van der Waals surface area contributed by atoms with Crippen molar-refractivity contribution in [2.24, 2.45) is 0 Å². The molecule has 3 nitrogen and oxygen atoms in total. The van der Waals surface area contributed by atoms with Crippen molar-refractivity contribution in [3.05, 3.63) is 74.5 Å². The highest BCUT2D eigenvalue weighted by Gasteiger charge is 2.11. The van der Waals surface area contributed by atoms with Gasteiger partial charge in [-0.3, -0.25) is 0 Å². The average molecular weight is 399 g/mol. The number of benzene rings is 2. The molecular formula is C21H23BrN2O. The molecule has 0 spiro atoms. The second kappa shape index (κ2) is 7.04. The summed E-state index contributed by atoms with van der Waals surface area (Å²) in [6, 6.07) is 12.4. The Morgan fingerprint density at radius 3 is 2.36 bits per heavy atom. The highest BCUT2D eigenvalue weighted by atomic mass is 79.9. The summed E-state index contributed by atoms with van der Waals surface area (Å²) in [4.78, 5) is 0. The van der Waals surface area contributed by atoms with E-state index >= 15 is 0 Å². The van der Waals surface area contributed by atoms with Crippen LogP contribution in [0.2, 0.25) is 0 Å². The Balaban J connectivity index is 1.84. The normalized spacial score (nSPS) is 11.0. The number of aryl methyl sites for hydroxylation is 3. The highest BCUT2D eigenvalue weighted by molar-refractivity contribution is 9.10. The largest absolute Gasteiger partial charge is 0.489 e. The van der Waals surface area contributed by atoms with E-state index < -0.39 is 0 Å². The lowest BCUT2D eigenvalue weighted by atomic mass is 10.1. The predicted octanol–water partition coefficient (Wildman–Crippen LogP) is 5.76. The minimum Gasteiger partial charge on any atom is -0.489 e. The van der Waals surface area contributed by atoms with Crippen LogP contribution in [0.4, 0.5) is 0 Å². The van der Waals surface area contributed by atoms with E-state index in [0.29, 0.717) is 6.61 Å². The lowest BCUT2D eigenvalue weighted by Crippen LogP contribution is -2.03. The van der Waals surface area contributed by atoms with E-state index in [1.54, 1.807) is 0 Å². The first kappa shape index (κ1) is 17.7. The van der Waals surface area contributed by atoms with Crippen LogP contribution in [0.15, 0.2) is 40.9 Å². The molecule has 4 heteroatoms. The molecule has 0 saturated heterocycles. The number of rotatable bonds is 4. The summed E-state index contributed by atoms with van der Waals surface area (Å²) in [7, 11) is 0. The number of aromatic nitrogens is 2. The molecule has 0 radical (unpaired) electrons. The summed E-state index contributed by atoms with van der Waals surface area (Å²) in [6.45, 7) is 11.0. The molecule has 0 bridgehead atoms. The quantitative estimate of drug-likeness (QED) is 0.558. The lowest BCUT2D eigenvalue weighted by molar-refractivity contribution is 0.302. The fourth-order valence-corrected chi connectivity index (χ4v) is 3.48. The number of halogens is 1. The number of nitrogens with zero attached hydrogens (tertiary/aromatic N) is 2. The zero-order valence-electron chi connectivity index (χ0n) is 15.4. The summed E-state index contributed by atoms with van der Waals surface area (Å²) in [5.41, 5.74) is 8.06. The molecule has 0 atom stereocenters. The molecule has 0 aliphatic carbocycles. The van der Waals surface area contributed by atoms with Crippen molar-refractivity contribution in [2.75, 3.05) is 0 Å². The molecule has 0 fully saturated rings. The van der Waals surface area contributed by atoms with Gasteiger partial charge >= 0.3 is 0 Å². The van der Waals surface area contributed by atoms with Gasteiger partial charge in [-0.05, 0) is 75.6 Å². The van der Waals surface area contributed by atoms with Crippen molar-refractivity contribution in [1.29, 1.82) is 0 Å². The molecule has 0 N–H and O–H groups in total. The first-order valence-corrected chi connectivity index (χ1v) is 9.18. The molecule has 1 heterocycles. The van der Waals surface area contributed by atoms with Crippen molar-refractivity contribution in [3.63, 3.8) is 0 Å². The van der Waals surface area contributed by atoms with E-state index in [-0.39, 0.29) is 0 Å². The molecule has 3 rings (SSSR count). The zero-order valence-corrected chi connectivity index (χ0v) is 16.9. The van der Waals surface area contributed by atoms with E-state index in [9.17, 15) is 0 Å². The maximum atomic E-state index is 6.07. The lowest BCUT2D eigenvalue weighted by Gasteiger charge is -2.14. The third-order valence-electron chi connectivity index (χ3n) is 4.78. The molecule has 0 aliphatic heterocycles. The monoisotopic (exact) mass is 398 g/mol. The van der Waals surface area contributed by atoms with Gasteiger partial charge in [0.05, 0.1) is 11.4 Å². The van der Waals surface area contributed by atoms with Gasteiger partial charge in [-0.2, -0.15) is 5.10 Å².